The van der Waals surface area contributed by atoms with Gasteiger partial charge in [-0.2, -0.15) is 0 Å². The minimum atomic E-state index is -0.366. The molecule has 1 aromatic carbocycles. The third-order valence-corrected chi connectivity index (χ3v) is 4.85. The fraction of sp³-hybridized carbons (Fsp3) is 0.500. The van der Waals surface area contributed by atoms with Crippen LogP contribution in [-0.2, 0) is 14.4 Å². The number of ether oxygens (including phenoxy) is 1. The van der Waals surface area contributed by atoms with E-state index in [-0.39, 0.29) is 35.4 Å². The predicted molar refractivity (Wildman–Crippen MR) is 87.4 cm³/mol. The lowest BCUT2D eigenvalue weighted by atomic mass is 9.53. The Morgan fingerprint density at radius 1 is 1.30 bits per heavy atom. The van der Waals surface area contributed by atoms with Crippen molar-refractivity contribution in [2.75, 3.05) is 7.11 Å². The first-order valence-electron chi connectivity index (χ1n) is 7.72. The fourth-order valence-electron chi connectivity index (χ4n) is 3.13. The summed E-state index contributed by atoms with van der Waals surface area (Å²) in [6, 6.07) is 7.26. The maximum absolute atomic E-state index is 11.9. The van der Waals surface area contributed by atoms with Crippen molar-refractivity contribution in [2.45, 2.75) is 33.6 Å². The average molecular weight is 317 g/mol. The molecule has 124 valence electrons. The largest absolute Gasteiger partial charge is 0.497 e. The second-order valence-corrected chi connectivity index (χ2v) is 6.59. The molecule has 5 heteroatoms. The van der Waals surface area contributed by atoms with Crippen LogP contribution in [-0.4, -0.2) is 25.1 Å². The summed E-state index contributed by atoms with van der Waals surface area (Å²) in [5, 5.41) is 3.73. The fourth-order valence-corrected chi connectivity index (χ4v) is 3.13. The van der Waals surface area contributed by atoms with Crippen molar-refractivity contribution in [1.29, 1.82) is 0 Å². The van der Waals surface area contributed by atoms with Crippen LogP contribution in [0.25, 0.3) is 0 Å². The molecule has 1 aromatic rings. The molecule has 0 aliphatic heterocycles. The summed E-state index contributed by atoms with van der Waals surface area (Å²) in [6.45, 7) is 5.67. The molecule has 1 aliphatic rings. The zero-order valence-electron chi connectivity index (χ0n) is 14.0. The molecule has 0 saturated heterocycles. The van der Waals surface area contributed by atoms with E-state index in [9.17, 15) is 9.59 Å². The number of ketones is 1. The number of carbonyl (C=O) groups is 2. The Bertz CT molecular complexity index is 604. The molecular formula is C18H23NO4. The first-order chi connectivity index (χ1) is 10.8. The van der Waals surface area contributed by atoms with E-state index in [2.05, 4.69) is 5.16 Å². The molecule has 1 fully saturated rings. The van der Waals surface area contributed by atoms with Crippen molar-refractivity contribution in [3.05, 3.63) is 29.8 Å². The van der Waals surface area contributed by atoms with E-state index in [4.69, 9.17) is 9.57 Å². The maximum atomic E-state index is 11.9. The Morgan fingerprint density at radius 2 is 1.96 bits per heavy atom. The number of rotatable bonds is 6. The van der Waals surface area contributed by atoms with Crippen LogP contribution >= 0.6 is 0 Å². The molecule has 1 saturated carbocycles. The zero-order valence-corrected chi connectivity index (χ0v) is 14.0. The summed E-state index contributed by atoms with van der Waals surface area (Å²) in [5.74, 6) is 0.793. The Kier molecular flexibility index (Phi) is 5.19. The smallest absolute Gasteiger partial charge is 0.335 e. The highest BCUT2D eigenvalue weighted by Gasteiger charge is 2.50. The van der Waals surface area contributed by atoms with Crippen LogP contribution in [0, 0.1) is 17.3 Å². The molecule has 23 heavy (non-hydrogen) atoms. The molecule has 0 aromatic heterocycles. The number of carbonyl (C=O) groups excluding carboxylic acids is 2. The molecule has 0 N–H and O–H groups in total. The van der Waals surface area contributed by atoms with Crippen molar-refractivity contribution in [3.8, 4) is 5.75 Å². The Hall–Kier alpha value is -2.17. The summed E-state index contributed by atoms with van der Waals surface area (Å²) < 4.78 is 5.07. The van der Waals surface area contributed by atoms with Gasteiger partial charge in [0.05, 0.1) is 19.7 Å². The standard InChI is InChI=1S/C18H23NO4/c1-12(20)16-9-14(18(16,2)3)10-17(21)23-19-11-13-5-7-15(22-4)8-6-13/h5-8,11,14,16H,9-10H2,1-4H3/t14-,16+/m0/s1. The van der Waals surface area contributed by atoms with Gasteiger partial charge in [0.2, 0.25) is 0 Å². The molecular weight excluding hydrogens is 294 g/mol. The monoisotopic (exact) mass is 317 g/mol. The van der Waals surface area contributed by atoms with Crippen molar-refractivity contribution in [3.63, 3.8) is 0 Å². The van der Waals surface area contributed by atoms with E-state index in [1.807, 2.05) is 38.1 Å². The molecule has 2 atom stereocenters. The average Bonchev–Trinajstić information content (AvgIpc) is 2.51. The van der Waals surface area contributed by atoms with Gasteiger partial charge in [-0.1, -0.05) is 19.0 Å². The number of hydrogen-bond donors (Lipinski definition) is 0. The molecule has 0 heterocycles. The summed E-state index contributed by atoms with van der Waals surface area (Å²) in [4.78, 5) is 28.3. The van der Waals surface area contributed by atoms with Gasteiger partial charge in [0.25, 0.3) is 0 Å². The Labute approximate surface area is 136 Å². The Morgan fingerprint density at radius 3 is 2.48 bits per heavy atom. The van der Waals surface area contributed by atoms with Gasteiger partial charge < -0.3 is 9.57 Å². The number of methoxy groups -OCH3 is 1. The van der Waals surface area contributed by atoms with Gasteiger partial charge in [0.1, 0.15) is 11.5 Å². The van der Waals surface area contributed by atoms with Crippen LogP contribution in [0.2, 0.25) is 0 Å². The molecule has 5 nitrogen and oxygen atoms in total. The first kappa shape index (κ1) is 17.2. The van der Waals surface area contributed by atoms with Crippen LogP contribution in [0.1, 0.15) is 39.2 Å². The van der Waals surface area contributed by atoms with E-state index >= 15 is 0 Å². The molecule has 0 radical (unpaired) electrons. The van der Waals surface area contributed by atoms with Gasteiger partial charge in [-0.05, 0) is 54.5 Å². The second-order valence-electron chi connectivity index (χ2n) is 6.59. The van der Waals surface area contributed by atoms with Crippen LogP contribution in [0.3, 0.4) is 0 Å². The molecule has 0 unspecified atom stereocenters. The highest BCUT2D eigenvalue weighted by atomic mass is 16.7. The third kappa shape index (κ3) is 3.97. The van der Waals surface area contributed by atoms with E-state index in [0.717, 1.165) is 17.7 Å². The number of Topliss-reactive ketones (excluding diaryl/α,β-unsaturated/α-hetero) is 1. The number of oxime groups is 1. The van der Waals surface area contributed by atoms with Crippen LogP contribution in [0.5, 0.6) is 5.75 Å². The summed E-state index contributed by atoms with van der Waals surface area (Å²) in [6.07, 6.45) is 2.53. The van der Waals surface area contributed by atoms with Crippen LogP contribution in [0.15, 0.2) is 29.4 Å². The van der Waals surface area contributed by atoms with Crippen molar-refractivity contribution >= 4 is 18.0 Å². The second kappa shape index (κ2) is 6.94. The van der Waals surface area contributed by atoms with E-state index < -0.39 is 0 Å². The van der Waals surface area contributed by atoms with Gasteiger partial charge in [-0.25, -0.2) is 4.79 Å². The molecule has 2 rings (SSSR count). The summed E-state index contributed by atoms with van der Waals surface area (Å²) in [7, 11) is 1.60. The van der Waals surface area contributed by atoms with Crippen molar-refractivity contribution in [2.24, 2.45) is 22.4 Å². The summed E-state index contributed by atoms with van der Waals surface area (Å²) in [5.41, 5.74) is 0.670. The minimum absolute atomic E-state index is 0.0445. The zero-order chi connectivity index (χ0) is 17.0. The number of benzene rings is 1. The predicted octanol–water partition coefficient (Wildman–Crippen LogP) is 3.21. The quantitative estimate of drug-likeness (QED) is 0.459. The SMILES string of the molecule is COc1ccc(C=NOC(=O)C[C@@H]2C[C@H](C(C)=O)C2(C)C)cc1. The van der Waals surface area contributed by atoms with Gasteiger partial charge in [0, 0.05) is 5.92 Å². The first-order valence-corrected chi connectivity index (χ1v) is 7.72. The van der Waals surface area contributed by atoms with Gasteiger partial charge in [-0.3, -0.25) is 4.79 Å². The lowest BCUT2D eigenvalue weighted by Gasteiger charge is -2.50. The summed E-state index contributed by atoms with van der Waals surface area (Å²) >= 11 is 0. The number of hydrogen-bond acceptors (Lipinski definition) is 5. The van der Waals surface area contributed by atoms with Crippen LogP contribution < -0.4 is 4.74 Å². The minimum Gasteiger partial charge on any atom is -0.497 e. The van der Waals surface area contributed by atoms with E-state index in [0.29, 0.717) is 0 Å². The van der Waals surface area contributed by atoms with Gasteiger partial charge >= 0.3 is 5.97 Å². The molecule has 0 bridgehead atoms. The van der Waals surface area contributed by atoms with E-state index in [1.165, 1.54) is 6.21 Å². The van der Waals surface area contributed by atoms with Crippen LogP contribution in [0.4, 0.5) is 0 Å². The van der Waals surface area contributed by atoms with E-state index in [1.54, 1.807) is 14.0 Å². The lowest BCUT2D eigenvalue weighted by Crippen LogP contribution is -2.48. The molecule has 0 amide bonds. The molecule has 0 spiro atoms. The maximum Gasteiger partial charge on any atom is 0.335 e. The lowest BCUT2D eigenvalue weighted by molar-refractivity contribution is -0.153. The Balaban J connectivity index is 1.81. The number of nitrogens with zero attached hydrogens (tertiary/aromatic N) is 1. The van der Waals surface area contributed by atoms with Gasteiger partial charge in [-0.15, -0.1) is 0 Å². The third-order valence-electron chi connectivity index (χ3n) is 4.85. The normalized spacial score (nSPS) is 22.4. The molecule has 1 aliphatic carbocycles. The highest BCUT2D eigenvalue weighted by Crippen LogP contribution is 2.53. The van der Waals surface area contributed by atoms with Crippen molar-refractivity contribution < 1.29 is 19.2 Å². The van der Waals surface area contributed by atoms with Gasteiger partial charge in [0.15, 0.2) is 0 Å². The highest BCUT2D eigenvalue weighted by molar-refractivity contribution is 5.81. The topological polar surface area (TPSA) is 65.0 Å². The van der Waals surface area contributed by atoms with Crippen molar-refractivity contribution in [1.82, 2.24) is 0 Å².